The topological polar surface area (TPSA) is 156 Å². The summed E-state index contributed by atoms with van der Waals surface area (Å²) < 4.78 is 0. The van der Waals surface area contributed by atoms with Crippen LogP contribution in [0, 0.1) is 0 Å². The minimum absolute atomic E-state index is 0. The average Bonchev–Trinajstić information content (AvgIpc) is 2.19. The van der Waals surface area contributed by atoms with Crippen LogP contribution in [0.4, 0.5) is 0 Å². The van der Waals surface area contributed by atoms with Gasteiger partial charge < -0.3 is 34.4 Å². The molecule has 0 rings (SSSR count). The van der Waals surface area contributed by atoms with E-state index in [1.807, 2.05) is 20.8 Å². The molecule has 0 heterocycles. The van der Waals surface area contributed by atoms with Crippen LogP contribution in [-0.4, -0.2) is 37.8 Å². The third-order valence-corrected chi connectivity index (χ3v) is 1.12. The number of rotatable bonds is 3. The Morgan fingerprint density at radius 1 is 0.625 bits per heavy atom. The van der Waals surface area contributed by atoms with Crippen LogP contribution in [0.5, 0.6) is 0 Å². The fourth-order valence-electron chi connectivity index (χ4n) is 0. The zero-order valence-corrected chi connectivity index (χ0v) is 12.4. The third kappa shape index (κ3) is 63.2. The van der Waals surface area contributed by atoms with Crippen molar-refractivity contribution in [2.24, 2.45) is 34.4 Å². The molecule has 0 aromatic heterocycles. The van der Waals surface area contributed by atoms with Crippen molar-refractivity contribution in [2.75, 3.05) is 19.6 Å². The molecule has 0 amide bonds. The summed E-state index contributed by atoms with van der Waals surface area (Å²) >= 11 is 0. The van der Waals surface area contributed by atoms with E-state index in [4.69, 9.17) is 34.4 Å². The fraction of sp³-hybridized carbons (Fsp3) is 1.00. The van der Waals surface area contributed by atoms with Crippen LogP contribution in [0.3, 0.4) is 0 Å². The van der Waals surface area contributed by atoms with Gasteiger partial charge in [0.05, 0.1) is 0 Å². The summed E-state index contributed by atoms with van der Waals surface area (Å²) in [4.78, 5) is 0. The molecule has 101 valence electrons. The minimum atomic E-state index is 0. The SMILES string of the molecule is CC(N)CN.CC(N)CN.CC(N)CN.[Ru+3]. The van der Waals surface area contributed by atoms with Crippen LogP contribution >= 0.6 is 0 Å². The predicted octanol–water partition coefficient (Wildman–Crippen LogP) is -2.13. The van der Waals surface area contributed by atoms with E-state index >= 15 is 0 Å². The maximum absolute atomic E-state index is 5.17. The van der Waals surface area contributed by atoms with Crippen LogP contribution in [0.15, 0.2) is 0 Å². The summed E-state index contributed by atoms with van der Waals surface area (Å²) in [6, 6.07) is 0.486. The van der Waals surface area contributed by atoms with Crippen LogP contribution in [0.25, 0.3) is 0 Å². The Morgan fingerprint density at radius 2 is 0.688 bits per heavy atom. The first-order valence-electron chi connectivity index (χ1n) is 5.18. The Kier molecular flexibility index (Phi) is 32.8. The smallest absolute Gasteiger partial charge is 0.329 e. The van der Waals surface area contributed by atoms with Gasteiger partial charge in [0.25, 0.3) is 0 Å². The van der Waals surface area contributed by atoms with Crippen molar-refractivity contribution in [3.05, 3.63) is 0 Å². The average molecular weight is 323 g/mol. The first kappa shape index (κ1) is 25.3. The van der Waals surface area contributed by atoms with Crippen molar-refractivity contribution in [2.45, 2.75) is 38.9 Å². The molecule has 0 saturated carbocycles. The van der Waals surface area contributed by atoms with E-state index in [0.29, 0.717) is 19.6 Å². The van der Waals surface area contributed by atoms with E-state index in [-0.39, 0.29) is 37.6 Å². The molecular weight excluding hydrogens is 293 g/mol. The van der Waals surface area contributed by atoms with E-state index in [9.17, 15) is 0 Å². The van der Waals surface area contributed by atoms with Gasteiger partial charge in [0, 0.05) is 37.8 Å². The summed E-state index contributed by atoms with van der Waals surface area (Å²) in [7, 11) is 0. The third-order valence-electron chi connectivity index (χ3n) is 1.12. The monoisotopic (exact) mass is 324 g/mol. The van der Waals surface area contributed by atoms with Gasteiger partial charge in [0.1, 0.15) is 0 Å². The van der Waals surface area contributed by atoms with E-state index in [1.165, 1.54) is 0 Å². The van der Waals surface area contributed by atoms with Gasteiger partial charge in [-0.1, -0.05) is 0 Å². The molecule has 1 radical (unpaired) electrons. The maximum Gasteiger partial charge on any atom is 3.00 e. The maximum atomic E-state index is 5.17. The van der Waals surface area contributed by atoms with Crippen molar-refractivity contribution in [1.29, 1.82) is 0 Å². The second kappa shape index (κ2) is 20.8. The summed E-state index contributed by atoms with van der Waals surface area (Å²) in [5.41, 5.74) is 30.6. The molecule has 7 heteroatoms. The number of nitrogens with two attached hydrogens (primary N) is 6. The van der Waals surface area contributed by atoms with Gasteiger partial charge in [0.2, 0.25) is 0 Å². The van der Waals surface area contributed by atoms with Gasteiger partial charge >= 0.3 is 19.5 Å². The molecule has 0 aliphatic carbocycles. The summed E-state index contributed by atoms with van der Waals surface area (Å²) in [5.74, 6) is 0. The van der Waals surface area contributed by atoms with E-state index in [2.05, 4.69) is 0 Å². The van der Waals surface area contributed by atoms with Crippen molar-refractivity contribution >= 4 is 0 Å². The molecular formula is C9H30N6Ru+3. The predicted molar refractivity (Wildman–Crippen MR) is 68.1 cm³/mol. The standard InChI is InChI=1S/3C3H10N2.Ru/c3*1-3(5)2-4;/h3*3H,2,4-5H2,1H3;/q;;;+3. The molecule has 6 nitrogen and oxygen atoms in total. The molecule has 0 aliphatic rings. The van der Waals surface area contributed by atoms with E-state index < -0.39 is 0 Å². The molecule has 0 saturated heterocycles. The van der Waals surface area contributed by atoms with Crippen molar-refractivity contribution in [3.8, 4) is 0 Å². The Bertz CT molecular complexity index is 81.0. The second-order valence-corrected chi connectivity index (χ2v) is 3.64. The normalized spacial score (nSPS) is 14.1. The van der Waals surface area contributed by atoms with Crippen LogP contribution < -0.4 is 34.4 Å². The Balaban J connectivity index is -0.0000000655. The molecule has 12 N–H and O–H groups in total. The van der Waals surface area contributed by atoms with E-state index in [0.717, 1.165) is 0 Å². The van der Waals surface area contributed by atoms with Gasteiger partial charge in [-0.25, -0.2) is 0 Å². The summed E-state index contributed by atoms with van der Waals surface area (Å²) in [5, 5.41) is 0. The Morgan fingerprint density at radius 3 is 0.688 bits per heavy atom. The molecule has 3 atom stereocenters. The molecule has 0 aliphatic heterocycles. The second-order valence-electron chi connectivity index (χ2n) is 3.64. The zero-order valence-electron chi connectivity index (χ0n) is 10.7. The molecule has 0 fully saturated rings. The van der Waals surface area contributed by atoms with Crippen molar-refractivity contribution in [1.82, 2.24) is 0 Å². The molecule has 0 aromatic rings. The number of hydrogen-bond acceptors (Lipinski definition) is 6. The van der Waals surface area contributed by atoms with Crippen LogP contribution in [0.1, 0.15) is 20.8 Å². The Labute approximate surface area is 113 Å². The van der Waals surface area contributed by atoms with E-state index in [1.54, 1.807) is 0 Å². The molecule has 0 aromatic carbocycles. The van der Waals surface area contributed by atoms with Gasteiger partial charge in [-0.05, 0) is 20.8 Å². The molecule has 0 bridgehead atoms. The minimum Gasteiger partial charge on any atom is -0.329 e. The van der Waals surface area contributed by atoms with Crippen molar-refractivity contribution < 1.29 is 19.5 Å². The summed E-state index contributed by atoms with van der Waals surface area (Å²) in [6.45, 7) is 7.38. The fourth-order valence-corrected chi connectivity index (χ4v) is 0. The summed E-state index contributed by atoms with van der Waals surface area (Å²) in [6.07, 6.45) is 0. The molecule has 3 unspecified atom stereocenters. The van der Waals surface area contributed by atoms with Gasteiger partial charge in [-0.2, -0.15) is 0 Å². The first-order chi connectivity index (χ1) is 6.81. The quantitative estimate of drug-likeness (QED) is 0.326. The largest absolute Gasteiger partial charge is 3.00 e. The van der Waals surface area contributed by atoms with Crippen LogP contribution in [-0.2, 0) is 19.5 Å². The van der Waals surface area contributed by atoms with Gasteiger partial charge in [-0.3, -0.25) is 0 Å². The Hall–Kier alpha value is 0.383. The molecule has 16 heavy (non-hydrogen) atoms. The number of hydrogen-bond donors (Lipinski definition) is 6. The first-order valence-corrected chi connectivity index (χ1v) is 5.18. The van der Waals surface area contributed by atoms with Gasteiger partial charge in [-0.15, -0.1) is 0 Å². The molecule has 0 spiro atoms. The zero-order chi connectivity index (χ0) is 12.9. The van der Waals surface area contributed by atoms with Gasteiger partial charge in [0.15, 0.2) is 0 Å². The van der Waals surface area contributed by atoms with Crippen LogP contribution in [0.2, 0.25) is 0 Å². The van der Waals surface area contributed by atoms with Crippen molar-refractivity contribution in [3.63, 3.8) is 0 Å².